The molecule has 186 valence electrons. The van der Waals surface area contributed by atoms with Gasteiger partial charge in [0, 0.05) is 31.7 Å². The van der Waals surface area contributed by atoms with Crippen molar-refractivity contribution in [2.75, 3.05) is 53.6 Å². The van der Waals surface area contributed by atoms with E-state index in [1.807, 2.05) is 31.2 Å². The minimum absolute atomic E-state index is 0.0810. The third-order valence-corrected chi connectivity index (χ3v) is 6.57. The lowest BCUT2D eigenvalue weighted by molar-refractivity contribution is -0.140. The van der Waals surface area contributed by atoms with Crippen LogP contribution in [0.25, 0.3) is 5.76 Å². The van der Waals surface area contributed by atoms with Gasteiger partial charge in [0.15, 0.2) is 11.5 Å². The first-order valence-electron chi connectivity index (χ1n) is 11.8. The predicted molar refractivity (Wildman–Crippen MR) is 132 cm³/mol. The van der Waals surface area contributed by atoms with E-state index in [0.29, 0.717) is 43.2 Å². The zero-order valence-electron chi connectivity index (χ0n) is 20.5. The summed E-state index contributed by atoms with van der Waals surface area (Å²) in [6.45, 7) is 6.33. The first kappa shape index (κ1) is 24.8. The number of methoxy groups -OCH3 is 2. The maximum atomic E-state index is 13.2. The molecule has 8 nitrogen and oxygen atoms in total. The molecule has 0 radical (unpaired) electrons. The lowest BCUT2D eigenvalue weighted by atomic mass is 9.94. The minimum atomic E-state index is -0.686. The van der Waals surface area contributed by atoms with Crippen molar-refractivity contribution in [1.82, 2.24) is 9.80 Å². The first-order valence-corrected chi connectivity index (χ1v) is 11.8. The Kier molecular flexibility index (Phi) is 7.73. The van der Waals surface area contributed by atoms with Crippen LogP contribution in [-0.2, 0) is 14.3 Å². The van der Waals surface area contributed by atoms with Crippen molar-refractivity contribution < 1.29 is 28.9 Å². The van der Waals surface area contributed by atoms with Crippen LogP contribution in [0.5, 0.6) is 11.5 Å². The molecular weight excluding hydrogens is 448 g/mol. The number of ether oxygens (including phenoxy) is 3. The van der Waals surface area contributed by atoms with Crippen molar-refractivity contribution in [3.05, 3.63) is 64.7 Å². The zero-order chi connectivity index (χ0) is 24.9. The summed E-state index contributed by atoms with van der Waals surface area (Å²) in [4.78, 5) is 30.3. The number of aryl methyl sites for hydroxylation is 1. The summed E-state index contributed by atoms with van der Waals surface area (Å²) >= 11 is 0. The van der Waals surface area contributed by atoms with Gasteiger partial charge in [0.1, 0.15) is 5.76 Å². The molecule has 1 amide bonds. The monoisotopic (exact) mass is 480 g/mol. The first-order chi connectivity index (χ1) is 16.9. The summed E-state index contributed by atoms with van der Waals surface area (Å²) in [5, 5.41) is 11.3. The highest BCUT2D eigenvalue weighted by molar-refractivity contribution is 6.46. The molecule has 4 rings (SSSR count). The van der Waals surface area contributed by atoms with Gasteiger partial charge >= 0.3 is 0 Å². The Labute approximate surface area is 205 Å². The number of rotatable bonds is 8. The van der Waals surface area contributed by atoms with E-state index in [0.717, 1.165) is 30.8 Å². The third-order valence-electron chi connectivity index (χ3n) is 6.57. The molecule has 1 atom stereocenters. The number of morpholine rings is 1. The number of carbonyl (C=O) groups excluding carboxylic acids is 2. The van der Waals surface area contributed by atoms with Gasteiger partial charge in [-0.2, -0.15) is 0 Å². The SMILES string of the molecule is COc1ccc(/C(O)=C2\C(=O)C(=O)N(CCCN3CCOCC3)C2c2ccc(C)cc2)cc1OC. The van der Waals surface area contributed by atoms with Crippen LogP contribution in [0.4, 0.5) is 0 Å². The zero-order valence-corrected chi connectivity index (χ0v) is 20.5. The van der Waals surface area contributed by atoms with Crippen molar-refractivity contribution in [3.8, 4) is 11.5 Å². The average molecular weight is 481 g/mol. The van der Waals surface area contributed by atoms with Crippen LogP contribution in [0.15, 0.2) is 48.0 Å². The van der Waals surface area contributed by atoms with Crippen molar-refractivity contribution in [2.45, 2.75) is 19.4 Å². The summed E-state index contributed by atoms with van der Waals surface area (Å²) in [5.74, 6) is -0.592. The van der Waals surface area contributed by atoms with Crippen LogP contribution in [-0.4, -0.2) is 80.2 Å². The van der Waals surface area contributed by atoms with Crippen LogP contribution in [0, 0.1) is 6.92 Å². The van der Waals surface area contributed by atoms with Gasteiger partial charge in [0.2, 0.25) is 0 Å². The topological polar surface area (TPSA) is 88.5 Å². The molecule has 0 spiro atoms. The lowest BCUT2D eigenvalue weighted by Gasteiger charge is -2.29. The number of Topliss-reactive ketones (excluding diaryl/α,β-unsaturated/α-hetero) is 1. The Hall–Kier alpha value is -3.36. The van der Waals surface area contributed by atoms with Gasteiger partial charge in [-0.1, -0.05) is 29.8 Å². The van der Waals surface area contributed by atoms with E-state index in [4.69, 9.17) is 14.2 Å². The Morgan fingerprint density at radius 2 is 1.69 bits per heavy atom. The molecule has 2 aromatic carbocycles. The number of aliphatic hydroxyl groups excluding tert-OH is 1. The molecule has 2 fully saturated rings. The number of aliphatic hydroxyl groups is 1. The molecule has 2 aliphatic rings. The summed E-state index contributed by atoms with van der Waals surface area (Å²) < 4.78 is 16.1. The number of likely N-dealkylation sites (tertiary alicyclic amines) is 1. The largest absolute Gasteiger partial charge is 0.507 e. The fourth-order valence-corrected chi connectivity index (χ4v) is 4.63. The van der Waals surface area contributed by atoms with Crippen LogP contribution < -0.4 is 9.47 Å². The Morgan fingerprint density at radius 1 is 1.00 bits per heavy atom. The van der Waals surface area contributed by atoms with E-state index in [2.05, 4.69) is 4.90 Å². The van der Waals surface area contributed by atoms with Gasteiger partial charge in [-0.05, 0) is 37.1 Å². The Morgan fingerprint density at radius 3 is 2.34 bits per heavy atom. The van der Waals surface area contributed by atoms with Gasteiger partial charge < -0.3 is 24.2 Å². The third kappa shape index (κ3) is 5.18. The van der Waals surface area contributed by atoms with Crippen molar-refractivity contribution >= 4 is 17.4 Å². The molecular formula is C27H32N2O6. The highest BCUT2D eigenvalue weighted by Gasteiger charge is 2.45. The quantitative estimate of drug-likeness (QED) is 0.353. The minimum Gasteiger partial charge on any atom is -0.507 e. The molecule has 0 saturated carbocycles. The molecule has 35 heavy (non-hydrogen) atoms. The summed E-state index contributed by atoms with van der Waals surface area (Å²) in [5.41, 5.74) is 2.31. The Bertz CT molecular complexity index is 1110. The van der Waals surface area contributed by atoms with Gasteiger partial charge in [-0.15, -0.1) is 0 Å². The molecule has 0 aliphatic carbocycles. The summed E-state index contributed by atoms with van der Waals surface area (Å²) in [6, 6.07) is 11.9. The highest BCUT2D eigenvalue weighted by Crippen LogP contribution is 2.40. The maximum absolute atomic E-state index is 13.2. The predicted octanol–water partition coefficient (Wildman–Crippen LogP) is 3.16. The summed E-state index contributed by atoms with van der Waals surface area (Å²) in [6.07, 6.45) is 0.714. The van der Waals surface area contributed by atoms with Crippen LogP contribution in [0.3, 0.4) is 0 Å². The summed E-state index contributed by atoms with van der Waals surface area (Å²) in [7, 11) is 3.03. The van der Waals surface area contributed by atoms with E-state index < -0.39 is 17.7 Å². The number of carbonyl (C=O) groups is 2. The second-order valence-electron chi connectivity index (χ2n) is 8.78. The van der Waals surface area contributed by atoms with Gasteiger partial charge in [0.25, 0.3) is 11.7 Å². The molecule has 8 heteroatoms. The second kappa shape index (κ2) is 10.9. The molecule has 1 N–H and O–H groups in total. The molecule has 0 bridgehead atoms. The van der Waals surface area contributed by atoms with Gasteiger partial charge in [0.05, 0.1) is 39.0 Å². The van der Waals surface area contributed by atoms with Crippen LogP contribution >= 0.6 is 0 Å². The smallest absolute Gasteiger partial charge is 0.295 e. The molecule has 2 aromatic rings. The maximum Gasteiger partial charge on any atom is 0.295 e. The number of amides is 1. The molecule has 2 aliphatic heterocycles. The Balaban J connectivity index is 1.69. The number of hydrogen-bond acceptors (Lipinski definition) is 7. The number of benzene rings is 2. The lowest BCUT2D eigenvalue weighted by Crippen LogP contribution is -2.38. The average Bonchev–Trinajstić information content (AvgIpc) is 3.14. The van der Waals surface area contributed by atoms with E-state index in [1.54, 1.807) is 23.1 Å². The fraction of sp³-hybridized carbons (Fsp3) is 0.407. The van der Waals surface area contributed by atoms with Crippen molar-refractivity contribution in [2.24, 2.45) is 0 Å². The van der Waals surface area contributed by atoms with Crippen molar-refractivity contribution in [3.63, 3.8) is 0 Å². The molecule has 1 unspecified atom stereocenters. The van der Waals surface area contributed by atoms with Crippen molar-refractivity contribution in [1.29, 1.82) is 0 Å². The normalized spacial score (nSPS) is 20.3. The standard InChI is InChI=1S/C27H32N2O6/c1-18-5-7-19(8-6-18)24-23(25(30)20-9-10-21(33-2)22(17-20)34-3)26(31)27(32)29(24)12-4-11-28-13-15-35-16-14-28/h5-10,17,24,30H,4,11-16H2,1-3H3/b25-23+. The number of hydrogen-bond donors (Lipinski definition) is 1. The second-order valence-corrected chi connectivity index (χ2v) is 8.78. The molecule has 2 saturated heterocycles. The van der Waals surface area contributed by atoms with E-state index in [1.165, 1.54) is 14.2 Å². The molecule has 0 aromatic heterocycles. The van der Waals surface area contributed by atoms with E-state index >= 15 is 0 Å². The van der Waals surface area contributed by atoms with Gasteiger partial charge in [-0.25, -0.2) is 0 Å². The van der Waals surface area contributed by atoms with Crippen LogP contribution in [0.1, 0.15) is 29.2 Å². The van der Waals surface area contributed by atoms with E-state index in [9.17, 15) is 14.7 Å². The molecule has 2 heterocycles. The van der Waals surface area contributed by atoms with Crippen LogP contribution in [0.2, 0.25) is 0 Å². The van der Waals surface area contributed by atoms with Gasteiger partial charge in [-0.3, -0.25) is 14.5 Å². The fourth-order valence-electron chi connectivity index (χ4n) is 4.63. The van der Waals surface area contributed by atoms with E-state index in [-0.39, 0.29) is 11.3 Å². The number of nitrogens with zero attached hydrogens (tertiary/aromatic N) is 2. The highest BCUT2D eigenvalue weighted by atomic mass is 16.5. The number of ketones is 1.